The van der Waals surface area contributed by atoms with Crippen molar-refractivity contribution in [2.75, 3.05) is 5.32 Å². The van der Waals surface area contributed by atoms with E-state index in [0.29, 0.717) is 22.0 Å². The molecule has 0 fully saturated rings. The standard InChI is InChI=1S/C13H11F4N3O/c1-7-5-8(14)3-4-9(7)18-12(21)10-6-11(13(15,16)17)20(2)19-10/h3-6H,1-2H3,(H,18,21). The Hall–Kier alpha value is -2.38. The molecule has 1 aromatic carbocycles. The average molecular weight is 301 g/mol. The van der Waals surface area contributed by atoms with E-state index in [1.54, 1.807) is 6.92 Å². The van der Waals surface area contributed by atoms with E-state index < -0.39 is 23.6 Å². The minimum Gasteiger partial charge on any atom is -0.320 e. The van der Waals surface area contributed by atoms with E-state index in [1.807, 2.05) is 0 Å². The maximum absolute atomic E-state index is 12.9. The number of anilines is 1. The van der Waals surface area contributed by atoms with Gasteiger partial charge < -0.3 is 5.32 Å². The van der Waals surface area contributed by atoms with Crippen molar-refractivity contribution in [3.8, 4) is 0 Å². The lowest BCUT2D eigenvalue weighted by molar-refractivity contribution is -0.143. The maximum atomic E-state index is 12.9. The van der Waals surface area contributed by atoms with Crippen molar-refractivity contribution in [2.24, 2.45) is 7.05 Å². The van der Waals surface area contributed by atoms with Crippen LogP contribution in [0.4, 0.5) is 23.2 Å². The Morgan fingerprint density at radius 2 is 1.95 bits per heavy atom. The molecule has 0 saturated heterocycles. The van der Waals surface area contributed by atoms with E-state index >= 15 is 0 Å². The van der Waals surface area contributed by atoms with Crippen LogP contribution in [0.25, 0.3) is 0 Å². The van der Waals surface area contributed by atoms with Crippen molar-refractivity contribution in [1.29, 1.82) is 0 Å². The van der Waals surface area contributed by atoms with Gasteiger partial charge in [-0.25, -0.2) is 4.39 Å². The molecule has 1 aromatic heterocycles. The summed E-state index contributed by atoms with van der Waals surface area (Å²) in [5, 5.41) is 5.93. The molecule has 1 heterocycles. The van der Waals surface area contributed by atoms with Crippen molar-refractivity contribution in [3.63, 3.8) is 0 Å². The first-order chi connectivity index (χ1) is 9.68. The number of nitrogens with zero attached hydrogens (tertiary/aromatic N) is 2. The second-order valence-corrected chi connectivity index (χ2v) is 4.45. The van der Waals surface area contributed by atoms with Crippen molar-refractivity contribution in [2.45, 2.75) is 13.1 Å². The van der Waals surface area contributed by atoms with Crippen LogP contribution in [0.2, 0.25) is 0 Å². The van der Waals surface area contributed by atoms with Crippen LogP contribution in [-0.2, 0) is 13.2 Å². The highest BCUT2D eigenvalue weighted by atomic mass is 19.4. The predicted octanol–water partition coefficient (Wildman–Crippen LogP) is 3.14. The highest BCUT2D eigenvalue weighted by molar-refractivity contribution is 6.03. The molecule has 0 bridgehead atoms. The van der Waals surface area contributed by atoms with E-state index in [9.17, 15) is 22.4 Å². The van der Waals surface area contributed by atoms with Gasteiger partial charge in [0.15, 0.2) is 5.69 Å². The Labute approximate surface area is 117 Å². The molecule has 0 radical (unpaired) electrons. The molecule has 112 valence electrons. The maximum Gasteiger partial charge on any atom is 0.433 e. The zero-order valence-electron chi connectivity index (χ0n) is 11.1. The fourth-order valence-corrected chi connectivity index (χ4v) is 1.80. The molecular formula is C13H11F4N3O. The van der Waals surface area contributed by atoms with Gasteiger partial charge in [0.2, 0.25) is 0 Å². The van der Waals surface area contributed by atoms with Crippen LogP contribution < -0.4 is 5.32 Å². The quantitative estimate of drug-likeness (QED) is 0.866. The van der Waals surface area contributed by atoms with Gasteiger partial charge >= 0.3 is 6.18 Å². The van der Waals surface area contributed by atoms with Crippen LogP contribution in [0.3, 0.4) is 0 Å². The normalized spacial score (nSPS) is 11.5. The smallest absolute Gasteiger partial charge is 0.320 e. The fraction of sp³-hybridized carbons (Fsp3) is 0.231. The summed E-state index contributed by atoms with van der Waals surface area (Å²) in [6.07, 6.45) is -4.59. The van der Waals surface area contributed by atoms with Crippen LogP contribution in [0.15, 0.2) is 24.3 Å². The van der Waals surface area contributed by atoms with Crippen LogP contribution in [0.5, 0.6) is 0 Å². The third kappa shape index (κ3) is 3.21. The number of hydrogen-bond donors (Lipinski definition) is 1. The monoisotopic (exact) mass is 301 g/mol. The van der Waals surface area contributed by atoms with Gasteiger partial charge in [0.25, 0.3) is 5.91 Å². The number of halogens is 4. The number of benzene rings is 1. The van der Waals surface area contributed by atoms with Gasteiger partial charge in [-0.15, -0.1) is 0 Å². The van der Waals surface area contributed by atoms with Crippen LogP contribution in [-0.4, -0.2) is 15.7 Å². The molecule has 1 amide bonds. The van der Waals surface area contributed by atoms with Crippen molar-refractivity contribution >= 4 is 11.6 Å². The molecule has 2 aromatic rings. The van der Waals surface area contributed by atoms with Gasteiger partial charge in [-0.3, -0.25) is 9.48 Å². The summed E-state index contributed by atoms with van der Waals surface area (Å²) in [5.74, 6) is -1.27. The van der Waals surface area contributed by atoms with Crippen molar-refractivity contribution in [3.05, 3.63) is 47.0 Å². The number of carbonyl (C=O) groups excluding carboxylic acids is 1. The zero-order valence-corrected chi connectivity index (χ0v) is 11.1. The summed E-state index contributed by atoms with van der Waals surface area (Å²) in [5.41, 5.74) is -0.632. The topological polar surface area (TPSA) is 46.9 Å². The van der Waals surface area contributed by atoms with Gasteiger partial charge in [0.1, 0.15) is 11.5 Å². The van der Waals surface area contributed by atoms with Gasteiger partial charge in [0, 0.05) is 18.8 Å². The molecule has 1 N–H and O–H groups in total. The second-order valence-electron chi connectivity index (χ2n) is 4.45. The van der Waals surface area contributed by atoms with Gasteiger partial charge in [-0.05, 0) is 30.7 Å². The lowest BCUT2D eigenvalue weighted by Gasteiger charge is -2.06. The molecule has 0 aliphatic heterocycles. The van der Waals surface area contributed by atoms with Gasteiger partial charge in [-0.1, -0.05) is 0 Å². The number of aromatic nitrogens is 2. The third-order valence-electron chi connectivity index (χ3n) is 2.84. The Kier molecular flexibility index (Phi) is 3.71. The molecule has 0 unspecified atom stereocenters. The number of hydrogen-bond acceptors (Lipinski definition) is 2. The SMILES string of the molecule is Cc1cc(F)ccc1NC(=O)c1cc(C(F)(F)F)n(C)n1. The number of nitrogens with one attached hydrogen (secondary N) is 1. The lowest BCUT2D eigenvalue weighted by atomic mass is 10.2. The Balaban J connectivity index is 2.25. The van der Waals surface area contributed by atoms with Gasteiger partial charge in [-0.2, -0.15) is 18.3 Å². The third-order valence-corrected chi connectivity index (χ3v) is 2.84. The predicted molar refractivity (Wildman–Crippen MR) is 67.3 cm³/mol. The number of amides is 1. The number of aryl methyl sites for hydroxylation is 2. The zero-order chi connectivity index (χ0) is 15.8. The lowest BCUT2D eigenvalue weighted by Crippen LogP contribution is -2.14. The molecular weight excluding hydrogens is 290 g/mol. The minimum absolute atomic E-state index is 0.306. The first-order valence-corrected chi connectivity index (χ1v) is 5.87. The van der Waals surface area contributed by atoms with E-state index in [-0.39, 0.29) is 5.69 Å². The molecule has 0 atom stereocenters. The second kappa shape index (κ2) is 5.19. The molecule has 21 heavy (non-hydrogen) atoms. The molecule has 0 aliphatic carbocycles. The first kappa shape index (κ1) is 15.0. The van der Waals surface area contributed by atoms with Gasteiger partial charge in [0.05, 0.1) is 0 Å². The van der Waals surface area contributed by atoms with E-state index in [4.69, 9.17) is 0 Å². The molecule has 2 rings (SSSR count). The molecule has 0 spiro atoms. The average Bonchev–Trinajstić information content (AvgIpc) is 2.75. The van der Waals surface area contributed by atoms with Crippen LogP contribution in [0, 0.1) is 12.7 Å². The first-order valence-electron chi connectivity index (χ1n) is 5.87. The van der Waals surface area contributed by atoms with Crippen molar-refractivity contribution in [1.82, 2.24) is 9.78 Å². The summed E-state index contributed by atoms with van der Waals surface area (Å²) >= 11 is 0. The Morgan fingerprint density at radius 1 is 1.29 bits per heavy atom. The van der Waals surface area contributed by atoms with E-state index in [1.165, 1.54) is 12.1 Å². The fourth-order valence-electron chi connectivity index (χ4n) is 1.80. The highest BCUT2D eigenvalue weighted by Gasteiger charge is 2.35. The largest absolute Gasteiger partial charge is 0.433 e. The summed E-state index contributed by atoms with van der Waals surface area (Å²) < 4.78 is 51.4. The highest BCUT2D eigenvalue weighted by Crippen LogP contribution is 2.29. The van der Waals surface area contributed by atoms with Crippen molar-refractivity contribution < 1.29 is 22.4 Å². The molecule has 8 heteroatoms. The van der Waals surface area contributed by atoms with Crippen LogP contribution in [0.1, 0.15) is 21.7 Å². The van der Waals surface area contributed by atoms with Crippen LogP contribution >= 0.6 is 0 Å². The Bertz CT molecular complexity index is 691. The summed E-state index contributed by atoms with van der Waals surface area (Å²) in [6.45, 7) is 1.57. The summed E-state index contributed by atoms with van der Waals surface area (Å²) in [7, 11) is 1.10. The molecule has 0 aliphatic rings. The number of rotatable bonds is 2. The molecule has 4 nitrogen and oxygen atoms in total. The summed E-state index contributed by atoms with van der Waals surface area (Å²) in [6, 6.07) is 4.34. The van der Waals surface area contributed by atoms with E-state index in [0.717, 1.165) is 13.1 Å². The minimum atomic E-state index is -4.59. The molecule has 0 saturated carbocycles. The number of alkyl halides is 3. The van der Waals surface area contributed by atoms with E-state index in [2.05, 4.69) is 10.4 Å². The Morgan fingerprint density at radius 3 is 2.48 bits per heavy atom. The number of carbonyl (C=O) groups is 1. The summed E-state index contributed by atoms with van der Waals surface area (Å²) in [4.78, 5) is 11.9.